The third-order valence-corrected chi connectivity index (χ3v) is 6.93. The van der Waals surface area contributed by atoms with E-state index in [-0.39, 0.29) is 17.9 Å². The molecule has 2 unspecified atom stereocenters. The minimum absolute atomic E-state index is 0.0800. The van der Waals surface area contributed by atoms with E-state index in [0.29, 0.717) is 12.2 Å². The van der Waals surface area contributed by atoms with Crippen LogP contribution < -0.4 is 5.32 Å². The van der Waals surface area contributed by atoms with Gasteiger partial charge in [-0.25, -0.2) is 14.8 Å². The Labute approximate surface area is 210 Å². The van der Waals surface area contributed by atoms with Crippen LogP contribution in [0.15, 0.2) is 48.7 Å². The van der Waals surface area contributed by atoms with Crippen LogP contribution in [0.1, 0.15) is 44.1 Å². The Kier molecular flexibility index (Phi) is 6.35. The molecule has 0 saturated carbocycles. The van der Waals surface area contributed by atoms with Crippen molar-refractivity contribution in [2.45, 2.75) is 45.7 Å². The molecule has 1 fully saturated rings. The molecule has 2 atom stereocenters. The number of carbonyl (C=O) groups is 2. The number of H-pyrrole nitrogens is 1. The SMILES string of the molecule is COC(=O)NC(C(=O)N1CCCC1c1nc2ncc(-c3ccc4cc(C)ccc4c3)cc2[nH]1)C(C)C. The van der Waals surface area contributed by atoms with Gasteiger partial charge in [-0.15, -0.1) is 0 Å². The van der Waals surface area contributed by atoms with Gasteiger partial charge in [0.2, 0.25) is 5.91 Å². The molecular formula is C28H31N5O3. The zero-order valence-corrected chi connectivity index (χ0v) is 21.0. The summed E-state index contributed by atoms with van der Waals surface area (Å²) in [6.45, 7) is 6.52. The lowest BCUT2D eigenvalue weighted by Crippen LogP contribution is -2.51. The van der Waals surface area contributed by atoms with E-state index in [1.54, 1.807) is 0 Å². The fourth-order valence-electron chi connectivity index (χ4n) is 4.97. The summed E-state index contributed by atoms with van der Waals surface area (Å²) in [6.07, 6.45) is 2.90. The molecule has 2 aromatic heterocycles. The quantitative estimate of drug-likeness (QED) is 0.408. The van der Waals surface area contributed by atoms with Crippen molar-refractivity contribution < 1.29 is 14.3 Å². The van der Waals surface area contributed by atoms with E-state index in [4.69, 9.17) is 9.72 Å². The van der Waals surface area contributed by atoms with Gasteiger partial charge in [-0.05, 0) is 54.2 Å². The minimum Gasteiger partial charge on any atom is -0.453 e. The van der Waals surface area contributed by atoms with Crippen LogP contribution in [0.2, 0.25) is 0 Å². The summed E-state index contributed by atoms with van der Waals surface area (Å²) in [5.74, 6) is 0.511. The van der Waals surface area contributed by atoms with Gasteiger partial charge in [0, 0.05) is 18.3 Å². The van der Waals surface area contributed by atoms with Crippen molar-refractivity contribution in [2.75, 3.05) is 13.7 Å². The van der Waals surface area contributed by atoms with Crippen LogP contribution in [-0.4, -0.2) is 51.5 Å². The second-order valence-corrected chi connectivity index (χ2v) is 9.83. The third kappa shape index (κ3) is 4.51. The Balaban J connectivity index is 1.43. The van der Waals surface area contributed by atoms with E-state index >= 15 is 0 Å². The molecule has 1 aliphatic rings. The molecule has 5 rings (SSSR count). The number of carbonyl (C=O) groups excluding carboxylic acids is 2. The molecule has 1 saturated heterocycles. The molecule has 2 amide bonds. The fourth-order valence-corrected chi connectivity index (χ4v) is 4.97. The van der Waals surface area contributed by atoms with Gasteiger partial charge in [-0.2, -0.15) is 0 Å². The number of benzene rings is 2. The molecule has 2 N–H and O–H groups in total. The number of aromatic amines is 1. The summed E-state index contributed by atoms with van der Waals surface area (Å²) in [5, 5.41) is 5.08. The first kappa shape index (κ1) is 23.8. The van der Waals surface area contributed by atoms with Gasteiger partial charge in [-0.3, -0.25) is 4.79 Å². The van der Waals surface area contributed by atoms with Crippen LogP contribution in [0, 0.1) is 12.8 Å². The van der Waals surface area contributed by atoms with Gasteiger partial charge in [0.1, 0.15) is 11.9 Å². The predicted molar refractivity (Wildman–Crippen MR) is 139 cm³/mol. The first-order valence-electron chi connectivity index (χ1n) is 12.4. The minimum atomic E-state index is -0.663. The number of rotatable bonds is 5. The Morgan fingerprint density at radius 2 is 1.89 bits per heavy atom. The number of pyridine rings is 1. The highest BCUT2D eigenvalue weighted by molar-refractivity contribution is 5.89. The van der Waals surface area contributed by atoms with Crippen LogP contribution in [0.25, 0.3) is 33.1 Å². The lowest BCUT2D eigenvalue weighted by molar-refractivity contribution is -0.135. The number of likely N-dealkylation sites (tertiary alicyclic amines) is 1. The Morgan fingerprint density at radius 3 is 2.67 bits per heavy atom. The Bertz CT molecular complexity index is 1440. The molecule has 0 radical (unpaired) electrons. The summed E-state index contributed by atoms with van der Waals surface area (Å²) in [5.41, 5.74) is 4.78. The molecule has 8 nitrogen and oxygen atoms in total. The molecule has 2 aromatic carbocycles. The van der Waals surface area contributed by atoms with Crippen molar-refractivity contribution >= 4 is 33.9 Å². The van der Waals surface area contributed by atoms with Crippen LogP contribution in [-0.2, 0) is 9.53 Å². The highest BCUT2D eigenvalue weighted by Crippen LogP contribution is 2.33. The zero-order chi connectivity index (χ0) is 25.4. The van der Waals surface area contributed by atoms with Crippen LogP contribution in [0.5, 0.6) is 0 Å². The summed E-state index contributed by atoms with van der Waals surface area (Å²) >= 11 is 0. The number of fused-ring (bicyclic) bond motifs is 2. The maximum atomic E-state index is 13.4. The fraction of sp³-hybridized carbons (Fsp3) is 0.357. The van der Waals surface area contributed by atoms with E-state index in [0.717, 1.165) is 35.3 Å². The highest BCUT2D eigenvalue weighted by Gasteiger charge is 2.37. The van der Waals surface area contributed by atoms with E-state index in [2.05, 4.69) is 64.7 Å². The number of methoxy groups -OCH3 is 1. The van der Waals surface area contributed by atoms with Crippen LogP contribution in [0.3, 0.4) is 0 Å². The summed E-state index contributed by atoms with van der Waals surface area (Å²) in [4.78, 5) is 39.8. The van der Waals surface area contributed by atoms with E-state index in [1.807, 2.05) is 24.9 Å². The number of aryl methyl sites for hydroxylation is 1. The van der Waals surface area contributed by atoms with Gasteiger partial charge < -0.3 is 19.9 Å². The molecule has 186 valence electrons. The van der Waals surface area contributed by atoms with Gasteiger partial charge >= 0.3 is 6.09 Å². The molecule has 0 bridgehead atoms. The van der Waals surface area contributed by atoms with Gasteiger partial charge in [0.05, 0.1) is 18.7 Å². The van der Waals surface area contributed by atoms with E-state index in [1.165, 1.54) is 23.4 Å². The van der Waals surface area contributed by atoms with Crippen molar-refractivity contribution in [3.8, 4) is 11.1 Å². The molecule has 8 heteroatoms. The van der Waals surface area contributed by atoms with Gasteiger partial charge in [-0.1, -0.05) is 49.7 Å². The van der Waals surface area contributed by atoms with Crippen LogP contribution >= 0.6 is 0 Å². The molecule has 0 aliphatic carbocycles. The normalized spacial score (nSPS) is 16.6. The Hall–Kier alpha value is -3.94. The van der Waals surface area contributed by atoms with Gasteiger partial charge in [0.25, 0.3) is 0 Å². The van der Waals surface area contributed by atoms with Crippen molar-refractivity contribution in [3.63, 3.8) is 0 Å². The number of nitrogens with zero attached hydrogens (tertiary/aromatic N) is 3. The van der Waals surface area contributed by atoms with Crippen molar-refractivity contribution in [1.82, 2.24) is 25.2 Å². The monoisotopic (exact) mass is 485 g/mol. The number of alkyl carbamates (subject to hydrolysis) is 1. The average molecular weight is 486 g/mol. The third-order valence-electron chi connectivity index (χ3n) is 6.93. The van der Waals surface area contributed by atoms with Gasteiger partial charge in [0.15, 0.2) is 5.65 Å². The average Bonchev–Trinajstić information content (AvgIpc) is 3.52. The number of imidazole rings is 1. The molecule has 36 heavy (non-hydrogen) atoms. The second-order valence-electron chi connectivity index (χ2n) is 9.83. The zero-order valence-electron chi connectivity index (χ0n) is 21.0. The standard InChI is InChI=1S/C28H31N5O3/c1-16(2)24(31-28(35)36-4)27(34)33-11-5-6-23(33)26-30-22-14-21(15-29-25(22)32-26)20-10-9-18-12-17(3)7-8-19(18)13-20/h7-10,12-16,23-24H,5-6,11H2,1-4H3,(H,31,35)(H,29,30,32). The number of aromatic nitrogens is 3. The lowest BCUT2D eigenvalue weighted by atomic mass is 10.0. The molecule has 1 aliphatic heterocycles. The largest absolute Gasteiger partial charge is 0.453 e. The topological polar surface area (TPSA) is 100 Å². The Morgan fingerprint density at radius 1 is 1.11 bits per heavy atom. The number of hydrogen-bond donors (Lipinski definition) is 2. The second kappa shape index (κ2) is 9.60. The van der Waals surface area contributed by atoms with Crippen molar-refractivity contribution in [3.05, 3.63) is 60.0 Å². The predicted octanol–water partition coefficient (Wildman–Crippen LogP) is 5.13. The summed E-state index contributed by atoms with van der Waals surface area (Å²) < 4.78 is 4.72. The number of nitrogens with one attached hydrogen (secondary N) is 2. The van der Waals surface area contributed by atoms with Crippen molar-refractivity contribution in [1.29, 1.82) is 0 Å². The van der Waals surface area contributed by atoms with Crippen molar-refractivity contribution in [2.24, 2.45) is 5.92 Å². The summed E-state index contributed by atoms with van der Waals surface area (Å²) in [6, 6.07) is 14.1. The number of ether oxygens (including phenoxy) is 1. The molecule has 0 spiro atoms. The number of amides is 2. The van der Waals surface area contributed by atoms with E-state index in [9.17, 15) is 9.59 Å². The maximum absolute atomic E-state index is 13.4. The van der Waals surface area contributed by atoms with E-state index < -0.39 is 12.1 Å². The number of hydrogen-bond acceptors (Lipinski definition) is 5. The molecule has 4 aromatic rings. The molecular weight excluding hydrogens is 454 g/mol. The first-order chi connectivity index (χ1) is 17.3. The first-order valence-corrected chi connectivity index (χ1v) is 12.4. The summed E-state index contributed by atoms with van der Waals surface area (Å²) in [7, 11) is 1.30. The lowest BCUT2D eigenvalue weighted by Gasteiger charge is -2.29. The smallest absolute Gasteiger partial charge is 0.407 e. The molecule has 3 heterocycles. The van der Waals surface area contributed by atoms with Crippen LogP contribution in [0.4, 0.5) is 4.79 Å². The maximum Gasteiger partial charge on any atom is 0.407 e. The highest BCUT2D eigenvalue weighted by atomic mass is 16.5.